The summed E-state index contributed by atoms with van der Waals surface area (Å²) in [5, 5.41) is 10.3. The van der Waals surface area contributed by atoms with Crippen LogP contribution in [0.2, 0.25) is 0 Å². The summed E-state index contributed by atoms with van der Waals surface area (Å²) in [6, 6.07) is 14.0. The standard InChI is InChI=1S/C15H14Br2O/c1-10-8-12(16)6-7-13(10)15(18)9-11-4-2-3-5-14(11)17/h2-8,15,18H,9H2,1H3. The highest BCUT2D eigenvalue weighted by atomic mass is 79.9. The number of benzene rings is 2. The van der Waals surface area contributed by atoms with Gasteiger partial charge in [0.2, 0.25) is 0 Å². The second-order valence-electron chi connectivity index (χ2n) is 4.31. The van der Waals surface area contributed by atoms with E-state index < -0.39 is 6.10 Å². The van der Waals surface area contributed by atoms with Gasteiger partial charge in [0.05, 0.1) is 6.10 Å². The minimum absolute atomic E-state index is 0.475. The molecule has 2 aromatic carbocycles. The van der Waals surface area contributed by atoms with Gasteiger partial charge in [-0.05, 0) is 41.8 Å². The molecule has 0 saturated heterocycles. The van der Waals surface area contributed by atoms with Crippen LogP contribution in [-0.2, 0) is 6.42 Å². The number of rotatable bonds is 3. The first-order valence-electron chi connectivity index (χ1n) is 5.75. The molecule has 2 aromatic rings. The molecular formula is C15H14Br2O. The number of aryl methyl sites for hydroxylation is 1. The molecule has 0 aliphatic rings. The fourth-order valence-electron chi connectivity index (χ4n) is 2.00. The number of aliphatic hydroxyl groups is 1. The van der Waals surface area contributed by atoms with Crippen LogP contribution in [0.3, 0.4) is 0 Å². The summed E-state index contributed by atoms with van der Waals surface area (Å²) in [6.45, 7) is 2.02. The summed E-state index contributed by atoms with van der Waals surface area (Å²) >= 11 is 6.94. The average Bonchev–Trinajstić information content (AvgIpc) is 2.32. The van der Waals surface area contributed by atoms with Crippen LogP contribution < -0.4 is 0 Å². The molecular weight excluding hydrogens is 356 g/mol. The van der Waals surface area contributed by atoms with E-state index in [-0.39, 0.29) is 0 Å². The number of aliphatic hydroxyl groups excluding tert-OH is 1. The summed E-state index contributed by atoms with van der Waals surface area (Å²) in [5.41, 5.74) is 3.20. The normalized spacial score (nSPS) is 12.4. The molecule has 0 aliphatic carbocycles. The van der Waals surface area contributed by atoms with Crippen molar-refractivity contribution in [2.45, 2.75) is 19.4 Å². The van der Waals surface area contributed by atoms with Gasteiger partial charge in [-0.25, -0.2) is 0 Å². The van der Waals surface area contributed by atoms with Crippen molar-refractivity contribution in [3.05, 3.63) is 68.1 Å². The number of hydrogen-bond donors (Lipinski definition) is 1. The molecule has 0 radical (unpaired) electrons. The topological polar surface area (TPSA) is 20.2 Å². The molecule has 1 nitrogen and oxygen atoms in total. The zero-order chi connectivity index (χ0) is 13.1. The van der Waals surface area contributed by atoms with Crippen molar-refractivity contribution < 1.29 is 5.11 Å². The van der Waals surface area contributed by atoms with E-state index in [2.05, 4.69) is 31.9 Å². The van der Waals surface area contributed by atoms with Gasteiger partial charge in [0.1, 0.15) is 0 Å². The molecule has 0 aliphatic heterocycles. The SMILES string of the molecule is Cc1cc(Br)ccc1C(O)Cc1ccccc1Br. The molecule has 3 heteroatoms. The Morgan fingerprint density at radius 2 is 1.83 bits per heavy atom. The van der Waals surface area contributed by atoms with Crippen LogP contribution in [0.1, 0.15) is 22.8 Å². The predicted octanol–water partition coefficient (Wildman–Crippen LogP) is 4.80. The molecule has 1 atom stereocenters. The first-order valence-corrected chi connectivity index (χ1v) is 7.34. The van der Waals surface area contributed by atoms with Crippen LogP contribution in [-0.4, -0.2) is 5.11 Å². The third-order valence-electron chi connectivity index (χ3n) is 2.96. The van der Waals surface area contributed by atoms with Crippen molar-refractivity contribution in [1.82, 2.24) is 0 Å². The van der Waals surface area contributed by atoms with Gasteiger partial charge in [-0.15, -0.1) is 0 Å². The highest BCUT2D eigenvalue weighted by Gasteiger charge is 2.12. The molecule has 18 heavy (non-hydrogen) atoms. The maximum atomic E-state index is 10.3. The quantitative estimate of drug-likeness (QED) is 0.824. The zero-order valence-corrected chi connectivity index (χ0v) is 13.2. The lowest BCUT2D eigenvalue weighted by molar-refractivity contribution is 0.177. The molecule has 0 amide bonds. The Morgan fingerprint density at radius 1 is 1.11 bits per heavy atom. The molecule has 0 bridgehead atoms. The van der Waals surface area contributed by atoms with Crippen molar-refractivity contribution in [2.75, 3.05) is 0 Å². The van der Waals surface area contributed by atoms with E-state index in [1.54, 1.807) is 0 Å². The Bertz CT molecular complexity index is 552. The maximum Gasteiger partial charge on any atom is 0.0833 e. The fourth-order valence-corrected chi connectivity index (χ4v) is 2.92. The van der Waals surface area contributed by atoms with Crippen LogP contribution in [0.15, 0.2) is 51.4 Å². The number of hydrogen-bond acceptors (Lipinski definition) is 1. The van der Waals surface area contributed by atoms with Crippen LogP contribution in [0.4, 0.5) is 0 Å². The van der Waals surface area contributed by atoms with E-state index in [1.807, 2.05) is 49.4 Å². The summed E-state index contributed by atoms with van der Waals surface area (Å²) in [4.78, 5) is 0. The third-order valence-corrected chi connectivity index (χ3v) is 4.23. The Labute approximate surface area is 124 Å². The summed E-state index contributed by atoms with van der Waals surface area (Å²) < 4.78 is 2.08. The van der Waals surface area contributed by atoms with Crippen molar-refractivity contribution in [3.8, 4) is 0 Å². The van der Waals surface area contributed by atoms with Crippen LogP contribution in [0.5, 0.6) is 0 Å². The maximum absolute atomic E-state index is 10.3. The zero-order valence-electron chi connectivity index (χ0n) is 10.0. The van der Waals surface area contributed by atoms with Gasteiger partial charge in [0.15, 0.2) is 0 Å². The van der Waals surface area contributed by atoms with E-state index in [1.165, 1.54) is 0 Å². The van der Waals surface area contributed by atoms with Gasteiger partial charge in [0.25, 0.3) is 0 Å². The monoisotopic (exact) mass is 368 g/mol. The molecule has 1 N–H and O–H groups in total. The van der Waals surface area contributed by atoms with Gasteiger partial charge in [0, 0.05) is 15.4 Å². The lowest BCUT2D eigenvalue weighted by Crippen LogP contribution is -2.04. The molecule has 0 aromatic heterocycles. The molecule has 0 heterocycles. The van der Waals surface area contributed by atoms with Crippen molar-refractivity contribution in [1.29, 1.82) is 0 Å². The molecule has 0 spiro atoms. The van der Waals surface area contributed by atoms with Gasteiger partial charge in [-0.3, -0.25) is 0 Å². The molecule has 1 unspecified atom stereocenters. The summed E-state index contributed by atoms with van der Waals surface area (Å²) in [6.07, 6.45) is 0.140. The first-order chi connectivity index (χ1) is 8.58. The highest BCUT2D eigenvalue weighted by molar-refractivity contribution is 9.10. The molecule has 0 fully saturated rings. The van der Waals surface area contributed by atoms with Crippen molar-refractivity contribution in [2.24, 2.45) is 0 Å². The second kappa shape index (κ2) is 6.00. The number of halogens is 2. The summed E-state index contributed by atoms with van der Waals surface area (Å²) in [5.74, 6) is 0. The van der Waals surface area contributed by atoms with Crippen molar-refractivity contribution >= 4 is 31.9 Å². The van der Waals surface area contributed by atoms with Gasteiger partial charge < -0.3 is 5.11 Å². The Kier molecular flexibility index (Phi) is 4.60. The Balaban J connectivity index is 2.22. The molecule has 94 valence electrons. The van der Waals surface area contributed by atoms with Crippen LogP contribution >= 0.6 is 31.9 Å². The minimum Gasteiger partial charge on any atom is -0.388 e. The van der Waals surface area contributed by atoms with E-state index in [0.717, 1.165) is 25.6 Å². The minimum atomic E-state index is -0.475. The van der Waals surface area contributed by atoms with Crippen LogP contribution in [0, 0.1) is 6.92 Å². The van der Waals surface area contributed by atoms with Gasteiger partial charge >= 0.3 is 0 Å². The van der Waals surface area contributed by atoms with E-state index in [9.17, 15) is 5.11 Å². The van der Waals surface area contributed by atoms with Gasteiger partial charge in [-0.2, -0.15) is 0 Å². The van der Waals surface area contributed by atoms with Crippen molar-refractivity contribution in [3.63, 3.8) is 0 Å². The van der Waals surface area contributed by atoms with E-state index in [0.29, 0.717) is 6.42 Å². The first kappa shape index (κ1) is 13.8. The average molecular weight is 370 g/mol. The largest absolute Gasteiger partial charge is 0.388 e. The predicted molar refractivity (Wildman–Crippen MR) is 81.7 cm³/mol. The lowest BCUT2D eigenvalue weighted by atomic mass is 9.98. The third kappa shape index (κ3) is 3.22. The van der Waals surface area contributed by atoms with E-state index >= 15 is 0 Å². The summed E-state index contributed by atoms with van der Waals surface area (Å²) in [7, 11) is 0. The van der Waals surface area contributed by atoms with Gasteiger partial charge in [-0.1, -0.05) is 56.1 Å². The van der Waals surface area contributed by atoms with E-state index in [4.69, 9.17) is 0 Å². The fraction of sp³-hybridized carbons (Fsp3) is 0.200. The highest BCUT2D eigenvalue weighted by Crippen LogP contribution is 2.27. The Morgan fingerprint density at radius 3 is 2.50 bits per heavy atom. The lowest BCUT2D eigenvalue weighted by Gasteiger charge is -2.15. The second-order valence-corrected chi connectivity index (χ2v) is 6.08. The Hall–Kier alpha value is -0.640. The van der Waals surface area contributed by atoms with Crippen LogP contribution in [0.25, 0.3) is 0 Å². The smallest absolute Gasteiger partial charge is 0.0833 e. The molecule has 0 saturated carbocycles. The molecule has 2 rings (SSSR count).